The van der Waals surface area contributed by atoms with Crippen LogP contribution in [0.3, 0.4) is 0 Å². The molecular formula is C18H16N4O4S. The van der Waals surface area contributed by atoms with Crippen molar-refractivity contribution in [2.45, 2.75) is 11.8 Å². The molecule has 0 bridgehead atoms. The lowest BCUT2D eigenvalue weighted by Crippen LogP contribution is -2.14. The molecule has 0 unspecified atom stereocenters. The number of ether oxygens (including phenoxy) is 2. The fourth-order valence-electron chi connectivity index (χ4n) is 2.56. The monoisotopic (exact) mass is 384 g/mol. The van der Waals surface area contributed by atoms with Gasteiger partial charge in [-0.25, -0.2) is 8.42 Å². The van der Waals surface area contributed by atoms with Gasteiger partial charge >= 0.3 is 0 Å². The number of benzene rings is 2. The Bertz CT molecular complexity index is 1080. The first-order valence-electron chi connectivity index (χ1n) is 8.09. The van der Waals surface area contributed by atoms with E-state index in [0.717, 1.165) is 11.3 Å². The smallest absolute Gasteiger partial charge is 0.263 e. The van der Waals surface area contributed by atoms with Crippen LogP contribution in [0.4, 0.5) is 17.3 Å². The Labute approximate surface area is 156 Å². The third-order valence-electron chi connectivity index (χ3n) is 3.85. The van der Waals surface area contributed by atoms with Crippen molar-refractivity contribution in [2.24, 2.45) is 0 Å². The zero-order valence-corrected chi connectivity index (χ0v) is 15.2. The maximum atomic E-state index is 12.5. The second kappa shape index (κ2) is 6.76. The summed E-state index contributed by atoms with van der Waals surface area (Å²) in [5.41, 5.74) is 1.99. The van der Waals surface area contributed by atoms with Crippen LogP contribution >= 0.6 is 0 Å². The summed E-state index contributed by atoms with van der Waals surface area (Å²) in [6, 6.07) is 15.4. The van der Waals surface area contributed by atoms with Gasteiger partial charge in [0, 0.05) is 11.8 Å². The van der Waals surface area contributed by atoms with E-state index in [-0.39, 0.29) is 17.5 Å². The molecule has 4 rings (SSSR count). The number of nitrogens with zero attached hydrogens (tertiary/aromatic N) is 2. The van der Waals surface area contributed by atoms with Gasteiger partial charge in [0.15, 0.2) is 23.1 Å². The number of anilines is 3. The van der Waals surface area contributed by atoms with Crippen molar-refractivity contribution in [1.29, 1.82) is 0 Å². The van der Waals surface area contributed by atoms with Crippen LogP contribution in [-0.4, -0.2) is 25.4 Å². The zero-order chi connectivity index (χ0) is 18.9. The topological polar surface area (TPSA) is 102 Å². The lowest BCUT2D eigenvalue weighted by atomic mass is 10.2. The predicted octanol–water partition coefficient (Wildman–Crippen LogP) is 3.06. The predicted molar refractivity (Wildman–Crippen MR) is 99.9 cm³/mol. The Balaban J connectivity index is 1.49. The summed E-state index contributed by atoms with van der Waals surface area (Å²) >= 11 is 0. The first-order chi connectivity index (χ1) is 13.0. The van der Waals surface area contributed by atoms with Gasteiger partial charge in [0.1, 0.15) is 0 Å². The number of sulfonamides is 1. The molecule has 138 valence electrons. The van der Waals surface area contributed by atoms with Crippen molar-refractivity contribution < 1.29 is 17.9 Å². The maximum Gasteiger partial charge on any atom is 0.263 e. The van der Waals surface area contributed by atoms with Gasteiger partial charge in [0.05, 0.1) is 4.90 Å². The fourth-order valence-corrected chi connectivity index (χ4v) is 3.58. The van der Waals surface area contributed by atoms with Crippen LogP contribution in [0, 0.1) is 6.92 Å². The minimum atomic E-state index is -3.82. The molecule has 0 radical (unpaired) electrons. The molecule has 1 aromatic heterocycles. The molecule has 0 fully saturated rings. The maximum absolute atomic E-state index is 12.5. The molecule has 3 aromatic rings. The van der Waals surface area contributed by atoms with Gasteiger partial charge < -0.3 is 14.8 Å². The minimum absolute atomic E-state index is 0.0514. The summed E-state index contributed by atoms with van der Waals surface area (Å²) in [4.78, 5) is 0.0514. The highest BCUT2D eigenvalue weighted by Crippen LogP contribution is 2.34. The standard InChI is InChI=1S/C18H16N4O4S/c1-12-3-2-4-13(9-12)19-17-7-8-18(21-20-17)22-27(23,24)14-5-6-15-16(10-14)26-11-25-15/h2-10H,11H2,1H3,(H,19,20)(H,21,22). The van der Waals surface area contributed by atoms with Gasteiger partial charge in [0.25, 0.3) is 10.0 Å². The van der Waals surface area contributed by atoms with Gasteiger partial charge in [-0.15, -0.1) is 10.2 Å². The van der Waals surface area contributed by atoms with E-state index < -0.39 is 10.0 Å². The summed E-state index contributed by atoms with van der Waals surface area (Å²) in [6.07, 6.45) is 0. The van der Waals surface area contributed by atoms with Gasteiger partial charge in [-0.2, -0.15) is 0 Å². The molecule has 1 aliphatic heterocycles. The summed E-state index contributed by atoms with van der Waals surface area (Å²) in [6.45, 7) is 2.07. The average molecular weight is 384 g/mol. The van der Waals surface area contributed by atoms with Crippen LogP contribution in [0.5, 0.6) is 11.5 Å². The third kappa shape index (κ3) is 3.77. The molecule has 9 heteroatoms. The van der Waals surface area contributed by atoms with E-state index in [9.17, 15) is 8.42 Å². The SMILES string of the molecule is Cc1cccc(Nc2ccc(NS(=O)(=O)c3ccc4c(c3)OCO4)nn2)c1. The molecule has 0 atom stereocenters. The minimum Gasteiger partial charge on any atom is -0.454 e. The second-order valence-electron chi connectivity index (χ2n) is 5.92. The average Bonchev–Trinajstić information content (AvgIpc) is 3.11. The number of aryl methyl sites for hydroxylation is 1. The first kappa shape index (κ1) is 17.1. The van der Waals surface area contributed by atoms with E-state index in [2.05, 4.69) is 20.2 Å². The molecule has 1 aliphatic rings. The molecule has 2 N–H and O–H groups in total. The second-order valence-corrected chi connectivity index (χ2v) is 7.60. The van der Waals surface area contributed by atoms with Crippen LogP contribution in [0.1, 0.15) is 5.56 Å². The van der Waals surface area contributed by atoms with Gasteiger partial charge in [-0.3, -0.25) is 4.72 Å². The van der Waals surface area contributed by atoms with Crippen LogP contribution in [-0.2, 0) is 10.0 Å². The van der Waals surface area contributed by atoms with E-state index in [4.69, 9.17) is 9.47 Å². The number of aromatic nitrogens is 2. The lowest BCUT2D eigenvalue weighted by Gasteiger charge is -2.09. The van der Waals surface area contributed by atoms with Crippen molar-refractivity contribution in [1.82, 2.24) is 10.2 Å². The molecule has 0 aliphatic carbocycles. The van der Waals surface area contributed by atoms with Crippen LogP contribution < -0.4 is 19.5 Å². The highest BCUT2D eigenvalue weighted by Gasteiger charge is 2.20. The van der Waals surface area contributed by atoms with E-state index in [1.165, 1.54) is 18.2 Å². The summed E-state index contributed by atoms with van der Waals surface area (Å²) in [5.74, 6) is 1.52. The summed E-state index contributed by atoms with van der Waals surface area (Å²) in [5, 5.41) is 11.0. The molecule has 8 nitrogen and oxygen atoms in total. The molecular weight excluding hydrogens is 368 g/mol. The number of fused-ring (bicyclic) bond motifs is 1. The molecule has 0 saturated carbocycles. The molecule has 2 aromatic carbocycles. The molecule has 2 heterocycles. The highest BCUT2D eigenvalue weighted by atomic mass is 32.2. The van der Waals surface area contributed by atoms with E-state index in [1.54, 1.807) is 12.1 Å². The molecule has 27 heavy (non-hydrogen) atoms. The van der Waals surface area contributed by atoms with Crippen molar-refractivity contribution in [3.63, 3.8) is 0 Å². The summed E-state index contributed by atoms with van der Waals surface area (Å²) in [7, 11) is -3.82. The van der Waals surface area contributed by atoms with Crippen LogP contribution in [0.2, 0.25) is 0 Å². The third-order valence-corrected chi connectivity index (χ3v) is 5.20. The van der Waals surface area contributed by atoms with E-state index in [1.807, 2.05) is 31.2 Å². The Morgan fingerprint density at radius 3 is 2.48 bits per heavy atom. The van der Waals surface area contributed by atoms with Gasteiger partial charge in [-0.05, 0) is 48.9 Å². The highest BCUT2D eigenvalue weighted by molar-refractivity contribution is 7.92. The number of nitrogens with one attached hydrogen (secondary N) is 2. The molecule has 0 spiro atoms. The van der Waals surface area contributed by atoms with Crippen molar-refractivity contribution in [3.05, 3.63) is 60.2 Å². The Morgan fingerprint density at radius 1 is 0.926 bits per heavy atom. The van der Waals surface area contributed by atoms with Crippen molar-refractivity contribution in [3.8, 4) is 11.5 Å². The zero-order valence-electron chi connectivity index (χ0n) is 14.3. The van der Waals surface area contributed by atoms with Crippen molar-refractivity contribution >= 4 is 27.3 Å². The van der Waals surface area contributed by atoms with E-state index in [0.29, 0.717) is 17.3 Å². The largest absolute Gasteiger partial charge is 0.454 e. The van der Waals surface area contributed by atoms with E-state index >= 15 is 0 Å². The Morgan fingerprint density at radius 2 is 1.70 bits per heavy atom. The van der Waals surface area contributed by atoms with Crippen molar-refractivity contribution in [2.75, 3.05) is 16.8 Å². The number of hydrogen-bond acceptors (Lipinski definition) is 7. The number of hydrogen-bond donors (Lipinski definition) is 2. The quantitative estimate of drug-likeness (QED) is 0.697. The van der Waals surface area contributed by atoms with Gasteiger partial charge in [-0.1, -0.05) is 12.1 Å². The first-order valence-corrected chi connectivity index (χ1v) is 9.58. The Hall–Kier alpha value is -3.33. The normalized spacial score (nSPS) is 12.6. The molecule has 0 saturated heterocycles. The van der Waals surface area contributed by atoms with Gasteiger partial charge in [0.2, 0.25) is 6.79 Å². The fraction of sp³-hybridized carbons (Fsp3) is 0.111. The van der Waals surface area contributed by atoms with Crippen LogP contribution in [0.15, 0.2) is 59.5 Å². The van der Waals surface area contributed by atoms with Crippen LogP contribution in [0.25, 0.3) is 0 Å². The Kier molecular flexibility index (Phi) is 4.28. The lowest BCUT2D eigenvalue weighted by molar-refractivity contribution is 0.174. The summed E-state index contributed by atoms with van der Waals surface area (Å²) < 4.78 is 37.8. The number of rotatable bonds is 5. The molecule has 0 amide bonds.